The van der Waals surface area contributed by atoms with Crippen LogP contribution in [0, 0.1) is 17.3 Å². The number of imidazole rings is 1. The van der Waals surface area contributed by atoms with Crippen molar-refractivity contribution in [1.82, 2.24) is 15.3 Å². The number of fused-ring (bicyclic) bond motifs is 1. The number of para-hydroxylation sites is 2. The van der Waals surface area contributed by atoms with Crippen LogP contribution >= 0.6 is 15.9 Å². The van der Waals surface area contributed by atoms with Gasteiger partial charge in [-0.3, -0.25) is 4.79 Å². The molecule has 2 N–H and O–H groups in total. The molecular weight excluding hydrogens is 390 g/mol. The van der Waals surface area contributed by atoms with Crippen molar-refractivity contribution in [3.63, 3.8) is 0 Å². The minimum absolute atomic E-state index is 0.0956. The maximum Gasteiger partial charge on any atom is 0.221 e. The zero-order valence-corrected chi connectivity index (χ0v) is 16.8. The van der Waals surface area contributed by atoms with E-state index in [4.69, 9.17) is 0 Å². The SMILES string of the molecule is CC(NC(=O)CC12CC3CC(CC(Br)(C3)C1)C2)c1nc2ccccc2[nH]1. The highest BCUT2D eigenvalue weighted by molar-refractivity contribution is 9.10. The van der Waals surface area contributed by atoms with Crippen LogP contribution in [0.1, 0.15) is 63.7 Å². The number of nitrogens with zero attached hydrogens (tertiary/aromatic N) is 1. The molecule has 4 bridgehead atoms. The number of benzene rings is 1. The summed E-state index contributed by atoms with van der Waals surface area (Å²) in [6.07, 6.45) is 8.31. The molecule has 1 heterocycles. The van der Waals surface area contributed by atoms with Gasteiger partial charge in [-0.15, -0.1) is 0 Å². The summed E-state index contributed by atoms with van der Waals surface area (Å²) < 4.78 is 0.307. The van der Waals surface area contributed by atoms with Gasteiger partial charge in [-0.2, -0.15) is 0 Å². The van der Waals surface area contributed by atoms with E-state index in [-0.39, 0.29) is 17.4 Å². The van der Waals surface area contributed by atoms with E-state index in [1.54, 1.807) is 0 Å². The van der Waals surface area contributed by atoms with Crippen molar-refractivity contribution in [2.24, 2.45) is 17.3 Å². The third kappa shape index (κ3) is 2.88. The first-order chi connectivity index (χ1) is 12.4. The molecule has 0 aliphatic heterocycles. The number of hydrogen-bond donors (Lipinski definition) is 2. The molecule has 4 saturated carbocycles. The summed E-state index contributed by atoms with van der Waals surface area (Å²) in [5, 5.41) is 3.20. The predicted octanol–water partition coefficient (Wildman–Crippen LogP) is 4.86. The first kappa shape index (κ1) is 16.8. The van der Waals surface area contributed by atoms with E-state index < -0.39 is 0 Å². The van der Waals surface area contributed by atoms with Gasteiger partial charge in [0.25, 0.3) is 0 Å². The second-order valence-electron chi connectivity index (χ2n) is 9.22. The Kier molecular flexibility index (Phi) is 3.76. The summed E-state index contributed by atoms with van der Waals surface area (Å²) >= 11 is 4.04. The van der Waals surface area contributed by atoms with Crippen molar-refractivity contribution in [3.8, 4) is 0 Å². The molecule has 6 rings (SSSR count). The normalized spacial score (nSPS) is 36.4. The quantitative estimate of drug-likeness (QED) is 0.700. The fraction of sp³-hybridized carbons (Fsp3) is 0.619. The third-order valence-corrected chi connectivity index (χ3v) is 7.77. The molecular formula is C21H26BrN3O. The molecule has 3 unspecified atom stereocenters. The Labute approximate surface area is 162 Å². The summed E-state index contributed by atoms with van der Waals surface area (Å²) in [5.74, 6) is 2.64. The van der Waals surface area contributed by atoms with Crippen molar-refractivity contribution in [2.75, 3.05) is 0 Å². The largest absolute Gasteiger partial charge is 0.346 e. The Morgan fingerprint density at radius 1 is 1.31 bits per heavy atom. The van der Waals surface area contributed by atoms with Crippen LogP contribution in [0.2, 0.25) is 0 Å². The molecule has 4 aliphatic rings. The summed E-state index contributed by atoms with van der Waals surface area (Å²) in [7, 11) is 0. The van der Waals surface area contributed by atoms with Crippen LogP contribution in [-0.4, -0.2) is 20.2 Å². The maximum absolute atomic E-state index is 12.9. The minimum atomic E-state index is -0.0956. The van der Waals surface area contributed by atoms with Crippen molar-refractivity contribution < 1.29 is 4.79 Å². The number of hydrogen-bond acceptors (Lipinski definition) is 2. The van der Waals surface area contributed by atoms with Crippen LogP contribution in [0.15, 0.2) is 24.3 Å². The van der Waals surface area contributed by atoms with E-state index >= 15 is 0 Å². The van der Waals surface area contributed by atoms with E-state index in [0.29, 0.717) is 10.7 Å². The van der Waals surface area contributed by atoms with E-state index in [1.165, 1.54) is 38.5 Å². The molecule has 0 radical (unpaired) electrons. The summed E-state index contributed by atoms with van der Waals surface area (Å²) in [5.41, 5.74) is 2.18. The van der Waals surface area contributed by atoms with Gasteiger partial charge >= 0.3 is 0 Å². The molecule has 4 nitrogen and oxygen atoms in total. The number of carbonyl (C=O) groups is 1. The van der Waals surface area contributed by atoms with E-state index in [9.17, 15) is 4.79 Å². The monoisotopic (exact) mass is 415 g/mol. The third-order valence-electron chi connectivity index (χ3n) is 6.84. The highest BCUT2D eigenvalue weighted by Gasteiger charge is 2.57. The van der Waals surface area contributed by atoms with Gasteiger partial charge in [-0.05, 0) is 74.8 Å². The maximum atomic E-state index is 12.9. The van der Waals surface area contributed by atoms with Gasteiger partial charge in [-0.1, -0.05) is 28.1 Å². The second kappa shape index (κ2) is 5.82. The fourth-order valence-corrected chi connectivity index (χ4v) is 7.93. The zero-order valence-electron chi connectivity index (χ0n) is 15.2. The van der Waals surface area contributed by atoms with Gasteiger partial charge in [0.1, 0.15) is 5.82 Å². The van der Waals surface area contributed by atoms with Crippen LogP contribution in [-0.2, 0) is 4.79 Å². The first-order valence-electron chi connectivity index (χ1n) is 9.85. The lowest BCUT2D eigenvalue weighted by atomic mass is 9.48. The smallest absolute Gasteiger partial charge is 0.221 e. The number of rotatable bonds is 4. The highest BCUT2D eigenvalue weighted by Crippen LogP contribution is 2.65. The molecule has 3 atom stereocenters. The Bertz CT molecular complexity index is 813. The molecule has 2 aromatic rings. The van der Waals surface area contributed by atoms with E-state index in [0.717, 1.165) is 28.7 Å². The number of carbonyl (C=O) groups excluding carboxylic acids is 1. The van der Waals surface area contributed by atoms with Crippen molar-refractivity contribution in [3.05, 3.63) is 30.1 Å². The average Bonchev–Trinajstić information content (AvgIpc) is 2.95. The number of amides is 1. The van der Waals surface area contributed by atoms with Gasteiger partial charge in [0, 0.05) is 10.7 Å². The average molecular weight is 416 g/mol. The Morgan fingerprint density at radius 2 is 2.04 bits per heavy atom. The predicted molar refractivity (Wildman–Crippen MR) is 106 cm³/mol. The van der Waals surface area contributed by atoms with Crippen LogP contribution in [0.4, 0.5) is 0 Å². The molecule has 0 spiro atoms. The lowest BCUT2D eigenvalue weighted by Crippen LogP contribution is -2.54. The van der Waals surface area contributed by atoms with Gasteiger partial charge in [0.2, 0.25) is 5.91 Å². The minimum Gasteiger partial charge on any atom is -0.346 e. The number of alkyl halides is 1. The van der Waals surface area contributed by atoms with E-state index in [2.05, 4.69) is 31.2 Å². The topological polar surface area (TPSA) is 57.8 Å². The standard InChI is InChI=1S/C21H26BrN3O/c1-13(19-24-16-4-2-3-5-17(16)25-19)23-18(26)11-20-7-14-6-15(8-20)10-21(22,9-14)12-20/h2-5,13-15H,6-12H2,1H3,(H,23,26)(H,24,25). The Morgan fingerprint density at radius 3 is 2.73 bits per heavy atom. The highest BCUT2D eigenvalue weighted by atomic mass is 79.9. The van der Waals surface area contributed by atoms with Gasteiger partial charge in [0.05, 0.1) is 17.1 Å². The molecule has 1 amide bonds. The number of nitrogens with one attached hydrogen (secondary N) is 2. The molecule has 1 aromatic carbocycles. The number of aromatic nitrogens is 2. The van der Waals surface area contributed by atoms with Crippen molar-refractivity contribution in [1.29, 1.82) is 0 Å². The zero-order chi connectivity index (χ0) is 17.9. The first-order valence-corrected chi connectivity index (χ1v) is 10.6. The Balaban J connectivity index is 1.28. The van der Waals surface area contributed by atoms with Gasteiger partial charge in [0.15, 0.2) is 0 Å². The van der Waals surface area contributed by atoms with Crippen LogP contribution in [0.3, 0.4) is 0 Å². The number of halogens is 1. The van der Waals surface area contributed by atoms with Crippen LogP contribution < -0.4 is 5.32 Å². The van der Waals surface area contributed by atoms with Crippen LogP contribution in [0.25, 0.3) is 11.0 Å². The molecule has 0 saturated heterocycles. The summed E-state index contributed by atoms with van der Waals surface area (Å²) in [6, 6.07) is 7.90. The molecule has 4 fully saturated rings. The molecule has 26 heavy (non-hydrogen) atoms. The molecule has 1 aromatic heterocycles. The fourth-order valence-electron chi connectivity index (χ4n) is 6.42. The lowest BCUT2D eigenvalue weighted by Gasteiger charge is -2.60. The van der Waals surface area contributed by atoms with E-state index in [1.807, 2.05) is 31.2 Å². The van der Waals surface area contributed by atoms with Gasteiger partial charge in [-0.25, -0.2) is 4.98 Å². The Hall–Kier alpha value is -1.36. The van der Waals surface area contributed by atoms with Crippen molar-refractivity contribution in [2.45, 2.75) is 62.2 Å². The second-order valence-corrected chi connectivity index (χ2v) is 10.9. The summed E-state index contributed by atoms with van der Waals surface area (Å²) in [4.78, 5) is 20.8. The van der Waals surface area contributed by atoms with Gasteiger partial charge < -0.3 is 10.3 Å². The number of aromatic amines is 1. The van der Waals surface area contributed by atoms with Crippen molar-refractivity contribution >= 4 is 32.9 Å². The number of H-pyrrole nitrogens is 1. The summed E-state index contributed by atoms with van der Waals surface area (Å²) in [6.45, 7) is 2.02. The van der Waals surface area contributed by atoms with Crippen LogP contribution in [0.5, 0.6) is 0 Å². The molecule has 4 aliphatic carbocycles. The lowest BCUT2D eigenvalue weighted by molar-refractivity contribution is -0.128. The molecule has 138 valence electrons. The molecule has 5 heteroatoms.